The van der Waals surface area contributed by atoms with Gasteiger partial charge in [0.15, 0.2) is 5.16 Å². The van der Waals surface area contributed by atoms with E-state index in [9.17, 15) is 0 Å². The third-order valence-electron chi connectivity index (χ3n) is 2.82. The fourth-order valence-corrected chi connectivity index (χ4v) is 2.78. The molecule has 1 aromatic carbocycles. The molecule has 5 heteroatoms. The van der Waals surface area contributed by atoms with Gasteiger partial charge in [0.25, 0.3) is 0 Å². The van der Waals surface area contributed by atoms with Gasteiger partial charge < -0.3 is 9.55 Å². The largest absolute Gasteiger partial charge is 0.339 e. The first-order valence-electron chi connectivity index (χ1n) is 6.04. The summed E-state index contributed by atoms with van der Waals surface area (Å²) < 4.78 is 2.03. The highest BCUT2D eigenvalue weighted by Crippen LogP contribution is 2.23. The van der Waals surface area contributed by atoms with Crippen LogP contribution in [0.4, 0.5) is 0 Å². The summed E-state index contributed by atoms with van der Waals surface area (Å²) in [6.45, 7) is 1.99. The highest BCUT2D eigenvalue weighted by molar-refractivity contribution is 7.98. The number of benzene rings is 1. The van der Waals surface area contributed by atoms with Crippen molar-refractivity contribution in [3.05, 3.63) is 60.4 Å². The number of hydrogen-bond donors (Lipinski definition) is 1. The maximum Gasteiger partial charge on any atom is 0.165 e. The van der Waals surface area contributed by atoms with Crippen LogP contribution in [0.2, 0.25) is 0 Å². The Hall–Kier alpha value is -2.01. The van der Waals surface area contributed by atoms with Crippen LogP contribution >= 0.6 is 11.8 Å². The van der Waals surface area contributed by atoms with Gasteiger partial charge in [-0.1, -0.05) is 30.0 Å². The molecule has 0 aliphatic carbocycles. The predicted molar refractivity (Wildman–Crippen MR) is 76.4 cm³/mol. The minimum absolute atomic E-state index is 0.876. The highest BCUT2D eigenvalue weighted by Gasteiger charge is 2.05. The van der Waals surface area contributed by atoms with Gasteiger partial charge in [-0.05, 0) is 18.6 Å². The number of nitrogens with one attached hydrogen (secondary N) is 1. The number of imidazole rings is 2. The van der Waals surface area contributed by atoms with Crippen molar-refractivity contribution >= 4 is 11.8 Å². The third kappa shape index (κ3) is 2.71. The third-order valence-corrected chi connectivity index (χ3v) is 3.76. The molecule has 2 heterocycles. The number of hydrogen-bond acceptors (Lipinski definition) is 3. The van der Waals surface area contributed by atoms with Crippen molar-refractivity contribution in [2.75, 3.05) is 0 Å². The lowest BCUT2D eigenvalue weighted by molar-refractivity contribution is 1.02. The summed E-state index contributed by atoms with van der Waals surface area (Å²) in [7, 11) is 0. The molecule has 0 spiro atoms. The molecule has 0 saturated heterocycles. The molecule has 3 rings (SSSR count). The summed E-state index contributed by atoms with van der Waals surface area (Å²) in [5.74, 6) is 0.876. The van der Waals surface area contributed by atoms with Crippen molar-refractivity contribution in [1.82, 2.24) is 19.5 Å². The van der Waals surface area contributed by atoms with Crippen molar-refractivity contribution in [3.63, 3.8) is 0 Å². The van der Waals surface area contributed by atoms with Crippen molar-refractivity contribution in [2.24, 2.45) is 0 Å². The first kappa shape index (κ1) is 12.0. The van der Waals surface area contributed by atoms with Crippen LogP contribution in [-0.2, 0) is 5.75 Å². The molecule has 1 N–H and O–H groups in total. The molecule has 0 atom stereocenters. The predicted octanol–water partition coefficient (Wildman–Crippen LogP) is 3.20. The Labute approximate surface area is 115 Å². The zero-order valence-electron chi connectivity index (χ0n) is 10.6. The van der Waals surface area contributed by atoms with Crippen LogP contribution in [0, 0.1) is 6.92 Å². The second-order valence-corrected chi connectivity index (χ2v) is 5.20. The monoisotopic (exact) mass is 270 g/mol. The Morgan fingerprint density at radius 1 is 1.32 bits per heavy atom. The van der Waals surface area contributed by atoms with E-state index < -0.39 is 0 Å². The van der Waals surface area contributed by atoms with Gasteiger partial charge in [-0.3, -0.25) is 0 Å². The number of nitrogens with zero attached hydrogens (tertiary/aromatic N) is 3. The van der Waals surface area contributed by atoms with Gasteiger partial charge in [0, 0.05) is 24.3 Å². The summed E-state index contributed by atoms with van der Waals surface area (Å²) in [6, 6.07) is 8.34. The second-order valence-electron chi connectivity index (χ2n) is 4.23. The van der Waals surface area contributed by atoms with Gasteiger partial charge >= 0.3 is 0 Å². The van der Waals surface area contributed by atoms with E-state index in [-0.39, 0.29) is 0 Å². The quantitative estimate of drug-likeness (QED) is 0.741. The number of para-hydroxylation sites is 1. The van der Waals surface area contributed by atoms with E-state index in [4.69, 9.17) is 0 Å². The molecule has 2 aromatic heterocycles. The van der Waals surface area contributed by atoms with E-state index >= 15 is 0 Å². The number of aryl methyl sites for hydroxylation is 1. The molecule has 19 heavy (non-hydrogen) atoms. The minimum Gasteiger partial charge on any atom is -0.339 e. The van der Waals surface area contributed by atoms with Crippen molar-refractivity contribution < 1.29 is 0 Å². The van der Waals surface area contributed by atoms with Gasteiger partial charge in [-0.25, -0.2) is 9.97 Å². The molecule has 0 fully saturated rings. The molecule has 0 aliphatic heterocycles. The SMILES string of the molecule is Cc1c[nH]c(SCc2ccccc2-n2ccnc2)n1. The number of aromatic amines is 1. The van der Waals surface area contributed by atoms with E-state index in [1.807, 2.05) is 36.3 Å². The molecule has 0 radical (unpaired) electrons. The van der Waals surface area contributed by atoms with Gasteiger partial charge in [0.1, 0.15) is 0 Å². The number of rotatable bonds is 4. The van der Waals surface area contributed by atoms with Gasteiger partial charge in [-0.15, -0.1) is 0 Å². The van der Waals surface area contributed by atoms with Crippen molar-refractivity contribution in [2.45, 2.75) is 17.8 Å². The second kappa shape index (κ2) is 5.32. The lowest BCUT2D eigenvalue weighted by atomic mass is 10.2. The average Bonchev–Trinajstić information content (AvgIpc) is 3.08. The number of thioether (sulfide) groups is 1. The highest BCUT2D eigenvalue weighted by atomic mass is 32.2. The summed E-state index contributed by atoms with van der Waals surface area (Å²) in [5.41, 5.74) is 3.45. The molecular weight excluding hydrogens is 256 g/mol. The first-order valence-corrected chi connectivity index (χ1v) is 7.02. The van der Waals surface area contributed by atoms with Gasteiger partial charge in [0.05, 0.1) is 17.7 Å². The van der Waals surface area contributed by atoms with E-state index in [0.717, 1.165) is 22.3 Å². The van der Waals surface area contributed by atoms with E-state index in [2.05, 4.69) is 33.2 Å². The topological polar surface area (TPSA) is 46.5 Å². The smallest absolute Gasteiger partial charge is 0.165 e. The van der Waals surface area contributed by atoms with E-state index in [1.54, 1.807) is 18.0 Å². The standard InChI is InChI=1S/C14H14N4S/c1-11-8-16-14(17-11)19-9-12-4-2-3-5-13(12)18-7-6-15-10-18/h2-8,10H,9H2,1H3,(H,16,17). The van der Waals surface area contributed by atoms with Gasteiger partial charge in [0.2, 0.25) is 0 Å². The molecule has 0 amide bonds. The van der Waals surface area contributed by atoms with Crippen LogP contribution in [0.15, 0.2) is 54.3 Å². The number of aromatic nitrogens is 4. The Bertz CT molecular complexity index is 658. The van der Waals surface area contributed by atoms with Crippen LogP contribution in [0.1, 0.15) is 11.3 Å². The molecule has 0 aliphatic rings. The maximum atomic E-state index is 4.41. The van der Waals surface area contributed by atoms with Crippen molar-refractivity contribution in [1.29, 1.82) is 0 Å². The van der Waals surface area contributed by atoms with Crippen LogP contribution in [-0.4, -0.2) is 19.5 Å². The lowest BCUT2D eigenvalue weighted by Gasteiger charge is -2.08. The minimum atomic E-state index is 0.876. The summed E-state index contributed by atoms with van der Waals surface area (Å²) in [4.78, 5) is 11.7. The molecule has 0 bridgehead atoms. The molecule has 96 valence electrons. The molecule has 0 saturated carbocycles. The first-order chi connectivity index (χ1) is 9.33. The van der Waals surface area contributed by atoms with Crippen LogP contribution in [0.5, 0.6) is 0 Å². The fourth-order valence-electron chi connectivity index (χ4n) is 1.90. The molecule has 3 aromatic rings. The van der Waals surface area contributed by atoms with E-state index in [1.165, 1.54) is 5.56 Å². The van der Waals surface area contributed by atoms with Gasteiger partial charge in [-0.2, -0.15) is 0 Å². The summed E-state index contributed by atoms with van der Waals surface area (Å²) in [5, 5.41) is 0.956. The van der Waals surface area contributed by atoms with Crippen LogP contribution in [0.3, 0.4) is 0 Å². The summed E-state index contributed by atoms with van der Waals surface area (Å²) in [6.07, 6.45) is 7.49. The maximum absolute atomic E-state index is 4.41. The van der Waals surface area contributed by atoms with Crippen LogP contribution in [0.25, 0.3) is 5.69 Å². The van der Waals surface area contributed by atoms with Crippen LogP contribution < -0.4 is 0 Å². The Balaban J connectivity index is 1.81. The lowest BCUT2D eigenvalue weighted by Crippen LogP contribution is -1.96. The Kier molecular flexibility index (Phi) is 3.37. The fraction of sp³-hybridized carbons (Fsp3) is 0.143. The summed E-state index contributed by atoms with van der Waals surface area (Å²) >= 11 is 1.71. The Morgan fingerprint density at radius 2 is 2.21 bits per heavy atom. The molecule has 0 unspecified atom stereocenters. The normalized spacial score (nSPS) is 10.8. The Morgan fingerprint density at radius 3 is 2.95 bits per heavy atom. The average molecular weight is 270 g/mol. The molecular formula is C14H14N4S. The zero-order valence-corrected chi connectivity index (χ0v) is 11.4. The molecule has 4 nitrogen and oxygen atoms in total. The number of H-pyrrole nitrogens is 1. The van der Waals surface area contributed by atoms with E-state index in [0.29, 0.717) is 0 Å². The van der Waals surface area contributed by atoms with Crippen molar-refractivity contribution in [3.8, 4) is 5.69 Å². The zero-order chi connectivity index (χ0) is 13.1.